The molecule has 1 fully saturated rings. The van der Waals surface area contributed by atoms with Gasteiger partial charge in [0.15, 0.2) is 0 Å². The Morgan fingerprint density at radius 2 is 1.69 bits per heavy atom. The average Bonchev–Trinajstić information content (AvgIpc) is 3.32. The summed E-state index contributed by atoms with van der Waals surface area (Å²) in [7, 11) is 0. The van der Waals surface area contributed by atoms with Crippen LogP contribution in [-0.2, 0) is 20.7 Å². The molecule has 3 rings (SSSR count). The van der Waals surface area contributed by atoms with E-state index in [-0.39, 0.29) is 36.4 Å². The summed E-state index contributed by atoms with van der Waals surface area (Å²) < 4.78 is 5.29. The van der Waals surface area contributed by atoms with E-state index in [2.05, 4.69) is 16.0 Å². The van der Waals surface area contributed by atoms with E-state index in [0.29, 0.717) is 30.0 Å². The van der Waals surface area contributed by atoms with Crippen molar-refractivity contribution in [1.82, 2.24) is 10.6 Å². The number of nitro benzene ring substituents is 1. The minimum atomic E-state index is -0.497. The summed E-state index contributed by atoms with van der Waals surface area (Å²) >= 11 is 0. The van der Waals surface area contributed by atoms with Crippen LogP contribution in [-0.4, -0.2) is 48.4 Å². The van der Waals surface area contributed by atoms with E-state index in [1.807, 2.05) is 0 Å². The molecule has 1 saturated heterocycles. The number of carbonyl (C=O) groups is 3. The second kappa shape index (κ2) is 11.0. The van der Waals surface area contributed by atoms with Crippen molar-refractivity contribution in [2.45, 2.75) is 25.4 Å². The Balaban J connectivity index is 1.40. The Hall–Kier alpha value is -3.79. The lowest BCUT2D eigenvalue weighted by Gasteiger charge is -2.11. The van der Waals surface area contributed by atoms with Crippen LogP contribution < -0.4 is 16.0 Å². The first-order valence-electron chi connectivity index (χ1n) is 10.2. The van der Waals surface area contributed by atoms with Gasteiger partial charge in [-0.05, 0) is 42.7 Å². The van der Waals surface area contributed by atoms with Gasteiger partial charge in [-0.25, -0.2) is 0 Å². The summed E-state index contributed by atoms with van der Waals surface area (Å²) in [6.45, 7) is 1.19. The first kappa shape index (κ1) is 22.9. The molecule has 10 heteroatoms. The van der Waals surface area contributed by atoms with Gasteiger partial charge in [-0.15, -0.1) is 0 Å². The van der Waals surface area contributed by atoms with Crippen molar-refractivity contribution in [3.05, 3.63) is 69.8 Å². The molecule has 3 N–H and O–H groups in total. The number of nitrogens with one attached hydrogen (secondary N) is 3. The van der Waals surface area contributed by atoms with Crippen LogP contribution in [0.5, 0.6) is 0 Å². The fraction of sp³-hybridized carbons (Fsp3) is 0.318. The first-order chi connectivity index (χ1) is 15.4. The van der Waals surface area contributed by atoms with Gasteiger partial charge < -0.3 is 20.7 Å². The topological polar surface area (TPSA) is 140 Å². The number of ether oxygens (including phenoxy) is 1. The van der Waals surface area contributed by atoms with E-state index in [1.165, 1.54) is 24.3 Å². The molecule has 0 aromatic heterocycles. The quantitative estimate of drug-likeness (QED) is 0.309. The molecule has 0 spiro atoms. The molecule has 2 aromatic carbocycles. The Labute approximate surface area is 184 Å². The van der Waals surface area contributed by atoms with Crippen LogP contribution in [0.15, 0.2) is 48.5 Å². The van der Waals surface area contributed by atoms with Crippen LogP contribution in [0.3, 0.4) is 0 Å². The molecule has 10 nitrogen and oxygen atoms in total. The van der Waals surface area contributed by atoms with Crippen LogP contribution in [0.2, 0.25) is 0 Å². The summed E-state index contributed by atoms with van der Waals surface area (Å²) in [4.78, 5) is 46.4. The van der Waals surface area contributed by atoms with Crippen molar-refractivity contribution < 1.29 is 24.0 Å². The zero-order valence-electron chi connectivity index (χ0n) is 17.3. The molecule has 0 radical (unpaired) electrons. The van der Waals surface area contributed by atoms with Gasteiger partial charge in [0.05, 0.1) is 11.3 Å². The molecule has 1 aliphatic heterocycles. The number of carbonyl (C=O) groups excluding carboxylic acids is 3. The second-order valence-corrected chi connectivity index (χ2v) is 7.27. The Kier molecular flexibility index (Phi) is 7.87. The largest absolute Gasteiger partial charge is 0.368 e. The Bertz CT molecular complexity index is 969. The standard InChI is InChI=1S/C22H24N4O6/c27-20(14-15-3-9-18(10-4-15)26(30)31)25-17-7-5-16(6-8-17)21(28)23-11-12-24-22(29)19-2-1-13-32-19/h3-10,19H,1-2,11-14H2,(H,23,28)(H,24,29)(H,25,27). The van der Waals surface area contributed by atoms with E-state index < -0.39 is 11.0 Å². The second-order valence-electron chi connectivity index (χ2n) is 7.27. The van der Waals surface area contributed by atoms with Gasteiger partial charge in [0.2, 0.25) is 11.8 Å². The van der Waals surface area contributed by atoms with Gasteiger partial charge in [0, 0.05) is 43.1 Å². The monoisotopic (exact) mass is 440 g/mol. The fourth-order valence-electron chi connectivity index (χ4n) is 3.19. The highest BCUT2D eigenvalue weighted by molar-refractivity contribution is 5.96. The van der Waals surface area contributed by atoms with Gasteiger partial charge in [-0.3, -0.25) is 24.5 Å². The van der Waals surface area contributed by atoms with Crippen molar-refractivity contribution in [1.29, 1.82) is 0 Å². The minimum absolute atomic E-state index is 0.0340. The van der Waals surface area contributed by atoms with Crippen molar-refractivity contribution in [3.63, 3.8) is 0 Å². The molecule has 168 valence electrons. The molecule has 1 atom stereocenters. The van der Waals surface area contributed by atoms with Gasteiger partial charge in [-0.1, -0.05) is 12.1 Å². The number of anilines is 1. The molecule has 1 unspecified atom stereocenters. The highest BCUT2D eigenvalue weighted by atomic mass is 16.6. The fourth-order valence-corrected chi connectivity index (χ4v) is 3.19. The number of hydrogen-bond donors (Lipinski definition) is 3. The van der Waals surface area contributed by atoms with Crippen molar-refractivity contribution in [2.75, 3.05) is 25.0 Å². The molecule has 32 heavy (non-hydrogen) atoms. The number of hydrogen-bond acceptors (Lipinski definition) is 6. The van der Waals surface area contributed by atoms with E-state index >= 15 is 0 Å². The van der Waals surface area contributed by atoms with Gasteiger partial charge in [0.25, 0.3) is 11.6 Å². The number of nitro groups is 1. The lowest BCUT2D eigenvalue weighted by molar-refractivity contribution is -0.384. The molecule has 0 bridgehead atoms. The summed E-state index contributed by atoms with van der Waals surface area (Å²) in [6.07, 6.45) is 1.27. The highest BCUT2D eigenvalue weighted by Crippen LogP contribution is 2.14. The molecule has 0 aliphatic carbocycles. The molecule has 1 heterocycles. The summed E-state index contributed by atoms with van der Waals surface area (Å²) in [5.41, 5.74) is 1.56. The lowest BCUT2D eigenvalue weighted by atomic mass is 10.1. The lowest BCUT2D eigenvalue weighted by Crippen LogP contribution is -2.39. The third kappa shape index (κ3) is 6.61. The summed E-state index contributed by atoms with van der Waals surface area (Å²) in [6, 6.07) is 12.2. The van der Waals surface area contributed by atoms with Crippen LogP contribution >= 0.6 is 0 Å². The first-order valence-corrected chi connectivity index (χ1v) is 10.2. The summed E-state index contributed by atoms with van der Waals surface area (Å²) in [5.74, 6) is -0.733. The van der Waals surface area contributed by atoms with Gasteiger partial charge in [0.1, 0.15) is 6.10 Å². The average molecular weight is 440 g/mol. The highest BCUT2D eigenvalue weighted by Gasteiger charge is 2.22. The summed E-state index contributed by atoms with van der Waals surface area (Å²) in [5, 5.41) is 18.9. The van der Waals surface area contributed by atoms with Crippen LogP contribution in [0.25, 0.3) is 0 Å². The smallest absolute Gasteiger partial charge is 0.269 e. The SMILES string of the molecule is O=C(Cc1ccc([N+](=O)[O-])cc1)Nc1ccc(C(=O)NCCNC(=O)C2CCCO2)cc1. The zero-order valence-corrected chi connectivity index (χ0v) is 17.3. The zero-order chi connectivity index (χ0) is 22.9. The van der Waals surface area contributed by atoms with Crippen LogP contribution in [0.1, 0.15) is 28.8 Å². The molecule has 3 amide bonds. The van der Waals surface area contributed by atoms with Gasteiger partial charge >= 0.3 is 0 Å². The molecule has 2 aromatic rings. The molecular formula is C22H24N4O6. The Morgan fingerprint density at radius 3 is 2.31 bits per heavy atom. The maximum absolute atomic E-state index is 12.2. The van der Waals surface area contributed by atoms with E-state index in [4.69, 9.17) is 4.74 Å². The number of amides is 3. The normalized spacial score (nSPS) is 15.1. The van der Waals surface area contributed by atoms with E-state index in [1.54, 1.807) is 24.3 Å². The molecular weight excluding hydrogens is 416 g/mol. The molecule has 0 saturated carbocycles. The van der Waals surface area contributed by atoms with Crippen molar-refractivity contribution in [2.24, 2.45) is 0 Å². The van der Waals surface area contributed by atoms with E-state index in [9.17, 15) is 24.5 Å². The maximum atomic E-state index is 12.2. The Morgan fingerprint density at radius 1 is 1.00 bits per heavy atom. The third-order valence-corrected chi connectivity index (χ3v) is 4.87. The van der Waals surface area contributed by atoms with E-state index in [0.717, 1.165) is 12.8 Å². The van der Waals surface area contributed by atoms with Crippen LogP contribution in [0, 0.1) is 10.1 Å². The number of non-ortho nitro benzene ring substituents is 1. The number of nitrogens with zero attached hydrogens (tertiary/aromatic N) is 1. The van der Waals surface area contributed by atoms with Crippen LogP contribution in [0.4, 0.5) is 11.4 Å². The number of rotatable bonds is 9. The molecule has 1 aliphatic rings. The number of benzene rings is 2. The maximum Gasteiger partial charge on any atom is 0.269 e. The predicted octanol–water partition coefficient (Wildman–Crippen LogP) is 1.80. The third-order valence-electron chi connectivity index (χ3n) is 4.87. The van der Waals surface area contributed by atoms with Crippen molar-refractivity contribution in [3.8, 4) is 0 Å². The minimum Gasteiger partial charge on any atom is -0.368 e. The predicted molar refractivity (Wildman–Crippen MR) is 116 cm³/mol. The van der Waals surface area contributed by atoms with Gasteiger partial charge in [-0.2, -0.15) is 0 Å². The van der Waals surface area contributed by atoms with Crippen molar-refractivity contribution >= 4 is 29.1 Å².